The summed E-state index contributed by atoms with van der Waals surface area (Å²) in [5.74, 6) is -4.31. The average molecular weight is 1100 g/mol. The second-order valence-electron chi connectivity index (χ2n) is 21.1. The van der Waals surface area contributed by atoms with Crippen molar-refractivity contribution in [3.8, 4) is 5.75 Å². The molecule has 4 aromatic rings. The summed E-state index contributed by atoms with van der Waals surface area (Å²) in [4.78, 5) is 100. The first kappa shape index (κ1) is 54.6. The molecule has 5 aliphatic heterocycles. The third-order valence-corrected chi connectivity index (χ3v) is 16.2. The minimum absolute atomic E-state index is 0.0363. The highest BCUT2D eigenvalue weighted by molar-refractivity contribution is 7.46. The number of piperazine rings is 1. The van der Waals surface area contributed by atoms with E-state index in [-0.39, 0.29) is 64.8 Å². The minimum Gasteiger partial charge on any atom is -0.495 e. The monoisotopic (exact) mass is 1100 g/mol. The topological polar surface area (TPSA) is 206 Å². The molecule has 5 amide bonds. The highest BCUT2D eigenvalue weighted by atomic mass is 35.5. The van der Waals surface area contributed by atoms with Crippen molar-refractivity contribution in [1.29, 1.82) is 0 Å². The number of anilines is 3. The van der Waals surface area contributed by atoms with Crippen LogP contribution in [0.3, 0.4) is 0 Å². The van der Waals surface area contributed by atoms with Crippen molar-refractivity contribution in [2.24, 2.45) is 5.41 Å². The maximum absolute atomic E-state index is 16.7. The Balaban J connectivity index is 0.925. The minimum atomic E-state index is -4.99. The summed E-state index contributed by atoms with van der Waals surface area (Å²) in [6.07, 6.45) is -3.13. The lowest BCUT2D eigenvalue weighted by atomic mass is 9.63. The molecule has 406 valence electrons. The second-order valence-corrected chi connectivity index (χ2v) is 22.7. The molecule has 3 saturated heterocycles. The Labute approximate surface area is 441 Å². The zero-order chi connectivity index (χ0) is 55.0. The summed E-state index contributed by atoms with van der Waals surface area (Å²) in [5.41, 5.74) is 0.610. The number of rotatable bonds is 12. The predicted molar refractivity (Wildman–Crippen MR) is 271 cm³/mol. The lowest BCUT2D eigenvalue weighted by Gasteiger charge is -2.41. The van der Waals surface area contributed by atoms with Gasteiger partial charge in [-0.3, -0.25) is 43.3 Å². The van der Waals surface area contributed by atoms with Crippen molar-refractivity contribution in [3.05, 3.63) is 111 Å². The van der Waals surface area contributed by atoms with Crippen LogP contribution in [0, 0.1) is 11.2 Å². The summed E-state index contributed by atoms with van der Waals surface area (Å²) in [6, 6.07) is 12.8. The molecule has 1 unspecified atom stereocenters. The number of pyridine rings is 1. The van der Waals surface area contributed by atoms with Gasteiger partial charge in [0.05, 0.1) is 23.9 Å². The fraction of sp³-hybridized carbons (Fsp3) is 0.462. The van der Waals surface area contributed by atoms with Gasteiger partial charge < -0.3 is 39.4 Å². The molecule has 9 rings (SSSR count). The Kier molecular flexibility index (Phi) is 14.6. The number of nitrogens with one attached hydrogen (secondary N) is 1. The fourth-order valence-corrected chi connectivity index (χ4v) is 12.4. The number of alkyl halides is 3. The number of phosphoric acid groups is 1. The summed E-state index contributed by atoms with van der Waals surface area (Å²) < 4.78 is 80.7. The number of amides is 5. The molecule has 18 nitrogen and oxygen atoms in total. The number of likely N-dealkylation sites (N-methyl/N-ethyl adjacent to an activating group) is 2. The van der Waals surface area contributed by atoms with E-state index in [0.717, 1.165) is 11.8 Å². The molecule has 76 heavy (non-hydrogen) atoms. The van der Waals surface area contributed by atoms with E-state index >= 15 is 9.18 Å². The number of benzene rings is 3. The van der Waals surface area contributed by atoms with E-state index in [1.54, 1.807) is 48.3 Å². The normalized spacial score (nSPS) is 23.2. The van der Waals surface area contributed by atoms with Crippen LogP contribution in [-0.2, 0) is 41.6 Å². The zero-order valence-corrected chi connectivity index (χ0v) is 44.2. The fourth-order valence-electron chi connectivity index (χ4n) is 11.9. The molecule has 3 fully saturated rings. The van der Waals surface area contributed by atoms with Crippen LogP contribution in [0.25, 0.3) is 0 Å². The van der Waals surface area contributed by atoms with Gasteiger partial charge in [0, 0.05) is 104 Å². The van der Waals surface area contributed by atoms with Gasteiger partial charge in [0.25, 0.3) is 17.7 Å². The number of fused-ring (bicyclic) bond motifs is 3. The molecule has 0 saturated carbocycles. The van der Waals surface area contributed by atoms with Gasteiger partial charge in [-0.1, -0.05) is 44.5 Å². The number of carbonyl (C=O) groups excluding carboxylic acids is 5. The number of likely N-dealkylation sites (tertiary alicyclic amines) is 2. The van der Waals surface area contributed by atoms with E-state index in [9.17, 15) is 36.9 Å². The van der Waals surface area contributed by atoms with Crippen LogP contribution in [0.5, 0.6) is 5.75 Å². The number of carbonyl (C=O) groups is 5. The van der Waals surface area contributed by atoms with E-state index in [0.29, 0.717) is 66.4 Å². The molecule has 5 atom stereocenters. The first-order chi connectivity index (χ1) is 35.8. The van der Waals surface area contributed by atoms with Crippen molar-refractivity contribution in [2.45, 2.75) is 89.1 Å². The molecule has 3 N–H and O–H groups in total. The summed E-state index contributed by atoms with van der Waals surface area (Å²) in [6.45, 7) is 9.00. The van der Waals surface area contributed by atoms with Crippen molar-refractivity contribution in [1.82, 2.24) is 24.6 Å². The van der Waals surface area contributed by atoms with Crippen LogP contribution in [0.2, 0.25) is 5.02 Å². The maximum atomic E-state index is 16.7. The Bertz CT molecular complexity index is 3060. The molecule has 3 aromatic carbocycles. The summed E-state index contributed by atoms with van der Waals surface area (Å²) >= 11 is 6.46. The van der Waals surface area contributed by atoms with Gasteiger partial charge >= 0.3 is 14.0 Å². The number of hydrogen-bond donors (Lipinski definition) is 3. The van der Waals surface area contributed by atoms with Gasteiger partial charge in [-0.25, -0.2) is 8.96 Å². The van der Waals surface area contributed by atoms with Gasteiger partial charge in [0.15, 0.2) is 0 Å². The van der Waals surface area contributed by atoms with Crippen LogP contribution < -0.4 is 19.9 Å². The number of ether oxygens (including phenoxy) is 1. The number of phosphoric ester groups is 1. The molecule has 1 spiro atoms. The Hall–Kier alpha value is -6.16. The lowest BCUT2D eigenvalue weighted by molar-refractivity contribution is -0.156. The molecule has 0 radical (unpaired) electrons. The Morgan fingerprint density at radius 3 is 2.38 bits per heavy atom. The largest absolute Gasteiger partial charge is 0.495 e. The van der Waals surface area contributed by atoms with Gasteiger partial charge in [0.2, 0.25) is 11.8 Å². The third kappa shape index (κ3) is 10.0. The molecular formula is C52H58ClF4N8O10P. The van der Waals surface area contributed by atoms with Crippen LogP contribution in [0.1, 0.15) is 96.0 Å². The Morgan fingerprint density at radius 1 is 1.00 bits per heavy atom. The van der Waals surface area contributed by atoms with Crippen molar-refractivity contribution < 1.29 is 65.1 Å². The molecule has 0 bridgehead atoms. The number of hydrogen-bond acceptors (Lipinski definition) is 12. The number of aromatic nitrogens is 1. The molecular weight excluding hydrogens is 1040 g/mol. The highest BCUT2D eigenvalue weighted by Gasteiger charge is 2.65. The SMILES string of the molecule is CCN1C[C@]2(c3cnc(C(F)(F)F)cc31)[C@H](CC(C)(C)C)N(C)[C@@H](C(=O)Nc1ccc(C(=O)N3CCN(c4ccc5c(c4)CN(C4CCC(=O)N(COP(=O)(O)O)C4=O)C5=O)CC3)cc1OC)[C@@H]2c1cccc(Cl)c1F. The molecule has 24 heteroatoms. The van der Waals surface area contributed by atoms with Crippen LogP contribution in [0.4, 0.5) is 34.6 Å². The quantitative estimate of drug-likeness (QED) is 0.0741. The van der Waals surface area contributed by atoms with Gasteiger partial charge in [-0.15, -0.1) is 0 Å². The van der Waals surface area contributed by atoms with E-state index < -0.39 is 85.3 Å². The first-order valence-electron chi connectivity index (χ1n) is 24.8. The third-order valence-electron chi connectivity index (χ3n) is 15.4. The van der Waals surface area contributed by atoms with E-state index in [1.807, 2.05) is 43.6 Å². The number of methoxy groups -OCH3 is 1. The zero-order valence-electron chi connectivity index (χ0n) is 42.6. The van der Waals surface area contributed by atoms with Crippen molar-refractivity contribution >= 4 is 66.0 Å². The Morgan fingerprint density at radius 2 is 1.72 bits per heavy atom. The molecule has 6 heterocycles. The second kappa shape index (κ2) is 20.3. The smallest absolute Gasteiger partial charge is 0.471 e. The van der Waals surface area contributed by atoms with Crippen LogP contribution >= 0.6 is 19.4 Å². The summed E-state index contributed by atoms with van der Waals surface area (Å²) in [7, 11) is -1.82. The standard InChI is InChI=1S/C52H58ClF4N8O10P/c1-7-61-27-51(34-25-58-40(23-38(34)61)52(55,56)57)41(24-50(2,3)4)60(5)45(43(51)33-9-8-10-35(53)44(33)54)46(67)59-36-14-11-29(22-39(36)74-6)47(68)63-19-17-62(18-20-63)31-12-13-32-30(21-31)26-64(48(32)69)37-15-16-42(66)65(49(37)70)28-75-76(71,72)73/h8-14,21-23,25,37,41,43,45H,7,15-20,24,26-28H2,1-6H3,(H,59,67)(H2,71,72,73)/t37?,41-,43-,45+,51-/m0/s1. The number of piperidine rings is 1. The van der Waals surface area contributed by atoms with Gasteiger partial charge in [-0.2, -0.15) is 13.2 Å². The summed E-state index contributed by atoms with van der Waals surface area (Å²) in [5, 5.41) is 2.83. The van der Waals surface area contributed by atoms with Gasteiger partial charge in [0.1, 0.15) is 30.0 Å². The van der Waals surface area contributed by atoms with E-state index in [4.69, 9.17) is 26.1 Å². The number of nitrogens with zero attached hydrogens (tertiary/aromatic N) is 7. The van der Waals surface area contributed by atoms with E-state index in [1.165, 1.54) is 30.3 Å². The van der Waals surface area contributed by atoms with Crippen molar-refractivity contribution in [2.75, 3.05) is 75.3 Å². The number of halogens is 5. The molecule has 5 aliphatic rings. The number of imide groups is 1. The first-order valence-corrected chi connectivity index (χ1v) is 26.7. The average Bonchev–Trinajstić information content (AvgIpc) is 4.11. The van der Waals surface area contributed by atoms with E-state index in [2.05, 4.69) is 19.7 Å². The molecule has 0 aliphatic carbocycles. The van der Waals surface area contributed by atoms with Gasteiger partial charge in [-0.05, 0) is 91.9 Å². The maximum Gasteiger partial charge on any atom is 0.471 e. The molecule has 1 aromatic heterocycles. The van der Waals surface area contributed by atoms with Crippen LogP contribution in [0.15, 0.2) is 66.9 Å². The van der Waals surface area contributed by atoms with Crippen LogP contribution in [-0.4, -0.2) is 142 Å². The predicted octanol–water partition coefficient (Wildman–Crippen LogP) is 7.02. The lowest BCUT2D eigenvalue weighted by Crippen LogP contribution is -2.55. The van der Waals surface area contributed by atoms with Crippen molar-refractivity contribution in [3.63, 3.8) is 0 Å². The highest BCUT2D eigenvalue weighted by Crippen LogP contribution is 2.61.